The molecule has 2 aromatic rings. The Hall–Kier alpha value is -1.33. The fourth-order valence-corrected chi connectivity index (χ4v) is 2.70. The van der Waals surface area contributed by atoms with E-state index in [2.05, 4.69) is 48.4 Å². The van der Waals surface area contributed by atoms with Gasteiger partial charge in [0, 0.05) is 6.42 Å². The zero-order valence-corrected chi connectivity index (χ0v) is 13.0. The summed E-state index contributed by atoms with van der Waals surface area (Å²) >= 11 is 1.77. The fraction of sp³-hybridized carbons (Fsp3) is 0.467. The number of thioether (sulfide) groups is 1. The normalized spacial score (nSPS) is 12.6. The van der Waals surface area contributed by atoms with Crippen LogP contribution in [0.5, 0.6) is 0 Å². The number of hydrogen-bond donors (Lipinski definition) is 1. The molecule has 1 aromatic carbocycles. The van der Waals surface area contributed by atoms with Crippen LogP contribution in [0.1, 0.15) is 40.9 Å². The predicted octanol–water partition coefficient (Wildman–Crippen LogP) is 3.03. The van der Waals surface area contributed by atoms with E-state index in [1.165, 1.54) is 16.7 Å². The summed E-state index contributed by atoms with van der Waals surface area (Å²) in [4.78, 5) is 4.41. The van der Waals surface area contributed by atoms with E-state index in [4.69, 9.17) is 10.3 Å². The van der Waals surface area contributed by atoms with Gasteiger partial charge >= 0.3 is 0 Å². The molecule has 1 aromatic heterocycles. The molecule has 20 heavy (non-hydrogen) atoms. The number of nitrogens with zero attached hydrogens (tertiary/aromatic N) is 2. The summed E-state index contributed by atoms with van der Waals surface area (Å²) in [6, 6.07) is 6.29. The van der Waals surface area contributed by atoms with Crippen LogP contribution in [0.15, 0.2) is 22.7 Å². The van der Waals surface area contributed by atoms with Crippen LogP contribution < -0.4 is 5.73 Å². The highest BCUT2D eigenvalue weighted by atomic mass is 32.2. The van der Waals surface area contributed by atoms with Crippen molar-refractivity contribution in [3.05, 3.63) is 46.6 Å². The van der Waals surface area contributed by atoms with Gasteiger partial charge in [0.15, 0.2) is 5.82 Å². The molecule has 4 nitrogen and oxygen atoms in total. The Kier molecular flexibility index (Phi) is 5.20. The molecule has 5 heteroatoms. The molecule has 0 aliphatic heterocycles. The van der Waals surface area contributed by atoms with E-state index in [1.807, 2.05) is 0 Å². The SMILES string of the molecule is CSCC[C@H](N)c1nc(Cc2cc(C)cc(C)c2)no1. The molecule has 0 radical (unpaired) electrons. The van der Waals surface area contributed by atoms with Crippen molar-refractivity contribution < 1.29 is 4.52 Å². The third-order valence-corrected chi connectivity index (χ3v) is 3.72. The molecule has 0 fully saturated rings. The Labute approximate surface area is 124 Å². The van der Waals surface area contributed by atoms with Crippen molar-refractivity contribution in [1.29, 1.82) is 0 Å². The van der Waals surface area contributed by atoms with Crippen LogP contribution in [0.4, 0.5) is 0 Å². The van der Waals surface area contributed by atoms with E-state index in [1.54, 1.807) is 11.8 Å². The van der Waals surface area contributed by atoms with E-state index >= 15 is 0 Å². The second kappa shape index (κ2) is 6.90. The average Bonchev–Trinajstić information content (AvgIpc) is 2.83. The maximum atomic E-state index is 6.03. The molecule has 0 aliphatic rings. The Morgan fingerprint density at radius 1 is 1.25 bits per heavy atom. The molecule has 0 bridgehead atoms. The quantitative estimate of drug-likeness (QED) is 0.886. The van der Waals surface area contributed by atoms with E-state index in [9.17, 15) is 0 Å². The van der Waals surface area contributed by atoms with Crippen molar-refractivity contribution in [3.8, 4) is 0 Å². The van der Waals surface area contributed by atoms with Crippen LogP contribution in [0.2, 0.25) is 0 Å². The Balaban J connectivity index is 2.05. The van der Waals surface area contributed by atoms with Gasteiger partial charge in [-0.05, 0) is 37.8 Å². The van der Waals surface area contributed by atoms with Gasteiger partial charge in [0.2, 0.25) is 5.89 Å². The molecule has 0 saturated heterocycles. The van der Waals surface area contributed by atoms with Crippen LogP contribution in [-0.4, -0.2) is 22.1 Å². The first-order chi connectivity index (χ1) is 9.58. The molecule has 0 unspecified atom stereocenters. The molecule has 1 atom stereocenters. The first kappa shape index (κ1) is 15.1. The minimum Gasteiger partial charge on any atom is -0.338 e. The number of aromatic nitrogens is 2. The molecule has 0 saturated carbocycles. The van der Waals surface area contributed by atoms with Gasteiger partial charge in [0.25, 0.3) is 0 Å². The van der Waals surface area contributed by atoms with Crippen molar-refractivity contribution in [1.82, 2.24) is 10.1 Å². The Morgan fingerprint density at radius 2 is 1.95 bits per heavy atom. The van der Waals surface area contributed by atoms with Crippen LogP contribution in [0, 0.1) is 13.8 Å². The smallest absolute Gasteiger partial charge is 0.243 e. The summed E-state index contributed by atoms with van der Waals surface area (Å²) in [6.45, 7) is 4.19. The molecule has 108 valence electrons. The lowest BCUT2D eigenvalue weighted by Crippen LogP contribution is -2.11. The van der Waals surface area contributed by atoms with E-state index < -0.39 is 0 Å². The first-order valence-corrected chi connectivity index (χ1v) is 8.12. The van der Waals surface area contributed by atoms with Gasteiger partial charge in [0.05, 0.1) is 6.04 Å². The maximum absolute atomic E-state index is 6.03. The maximum Gasteiger partial charge on any atom is 0.243 e. The third-order valence-electron chi connectivity index (χ3n) is 3.08. The molecule has 2 N–H and O–H groups in total. The van der Waals surface area contributed by atoms with Gasteiger partial charge in [-0.1, -0.05) is 34.5 Å². The highest BCUT2D eigenvalue weighted by molar-refractivity contribution is 7.98. The highest BCUT2D eigenvalue weighted by Gasteiger charge is 2.14. The molecule has 0 amide bonds. The minimum absolute atomic E-state index is 0.164. The van der Waals surface area contributed by atoms with Crippen LogP contribution in [0.3, 0.4) is 0 Å². The summed E-state index contributed by atoms with van der Waals surface area (Å²) < 4.78 is 5.26. The monoisotopic (exact) mass is 291 g/mol. The second-order valence-electron chi connectivity index (χ2n) is 5.11. The molecule has 1 heterocycles. The molecule has 2 rings (SSSR count). The number of nitrogens with two attached hydrogens (primary N) is 1. The fourth-order valence-electron chi connectivity index (χ4n) is 2.21. The summed E-state index contributed by atoms with van der Waals surface area (Å²) in [7, 11) is 0. The Bertz CT molecular complexity index is 548. The lowest BCUT2D eigenvalue weighted by molar-refractivity contribution is 0.349. The first-order valence-electron chi connectivity index (χ1n) is 6.72. The standard InChI is InChI=1S/C15H21N3OS/c1-10-6-11(2)8-12(7-10)9-14-17-15(19-18-14)13(16)4-5-20-3/h6-8,13H,4-5,9,16H2,1-3H3/t13-/m0/s1. The molecular weight excluding hydrogens is 270 g/mol. The van der Waals surface area contributed by atoms with Crippen molar-refractivity contribution in [3.63, 3.8) is 0 Å². The van der Waals surface area contributed by atoms with Crippen LogP contribution in [-0.2, 0) is 6.42 Å². The van der Waals surface area contributed by atoms with Gasteiger partial charge in [-0.2, -0.15) is 16.7 Å². The van der Waals surface area contributed by atoms with Gasteiger partial charge in [-0.15, -0.1) is 0 Å². The van der Waals surface area contributed by atoms with Crippen LogP contribution in [0.25, 0.3) is 0 Å². The van der Waals surface area contributed by atoms with Gasteiger partial charge < -0.3 is 10.3 Å². The van der Waals surface area contributed by atoms with Gasteiger partial charge in [-0.3, -0.25) is 0 Å². The zero-order valence-electron chi connectivity index (χ0n) is 12.2. The largest absolute Gasteiger partial charge is 0.338 e. The van der Waals surface area contributed by atoms with E-state index in [0.717, 1.165) is 12.2 Å². The van der Waals surface area contributed by atoms with E-state index in [-0.39, 0.29) is 6.04 Å². The molecular formula is C15H21N3OS. The lowest BCUT2D eigenvalue weighted by atomic mass is 10.1. The molecule has 0 spiro atoms. The summed E-state index contributed by atoms with van der Waals surface area (Å²) in [5, 5.41) is 4.03. The summed E-state index contributed by atoms with van der Waals surface area (Å²) in [6.07, 6.45) is 3.60. The van der Waals surface area contributed by atoms with Gasteiger partial charge in [-0.25, -0.2) is 0 Å². The number of aryl methyl sites for hydroxylation is 2. The highest BCUT2D eigenvalue weighted by Crippen LogP contribution is 2.16. The van der Waals surface area contributed by atoms with Gasteiger partial charge in [0.1, 0.15) is 0 Å². The number of rotatable bonds is 6. The van der Waals surface area contributed by atoms with Crippen LogP contribution >= 0.6 is 11.8 Å². The van der Waals surface area contributed by atoms with E-state index in [0.29, 0.717) is 18.1 Å². The summed E-state index contributed by atoms with van der Waals surface area (Å²) in [5.74, 6) is 2.23. The zero-order chi connectivity index (χ0) is 14.5. The number of hydrogen-bond acceptors (Lipinski definition) is 5. The average molecular weight is 291 g/mol. The third kappa shape index (κ3) is 4.08. The minimum atomic E-state index is -0.164. The second-order valence-corrected chi connectivity index (χ2v) is 6.10. The summed E-state index contributed by atoms with van der Waals surface area (Å²) in [5.41, 5.74) is 9.73. The lowest BCUT2D eigenvalue weighted by Gasteiger charge is -2.04. The Morgan fingerprint density at radius 3 is 2.60 bits per heavy atom. The molecule has 0 aliphatic carbocycles. The van der Waals surface area contributed by atoms with Crippen molar-refractivity contribution in [2.75, 3.05) is 12.0 Å². The predicted molar refractivity (Wildman–Crippen MR) is 82.9 cm³/mol. The topological polar surface area (TPSA) is 64.9 Å². The number of benzene rings is 1. The van der Waals surface area contributed by atoms with Crippen molar-refractivity contribution in [2.45, 2.75) is 32.7 Å². The van der Waals surface area contributed by atoms with Crippen molar-refractivity contribution >= 4 is 11.8 Å². The van der Waals surface area contributed by atoms with Crippen molar-refractivity contribution in [2.24, 2.45) is 5.73 Å².